The van der Waals surface area contributed by atoms with Gasteiger partial charge in [0.2, 0.25) is 0 Å². The second kappa shape index (κ2) is 7.35. The van der Waals surface area contributed by atoms with Gasteiger partial charge in [-0.1, -0.05) is 6.92 Å². The van der Waals surface area contributed by atoms with E-state index >= 15 is 0 Å². The van der Waals surface area contributed by atoms with Crippen molar-refractivity contribution in [3.8, 4) is 11.4 Å². The third kappa shape index (κ3) is 4.25. The Morgan fingerprint density at radius 2 is 2.04 bits per heavy atom. The highest BCUT2D eigenvalue weighted by Gasteiger charge is 2.34. The van der Waals surface area contributed by atoms with E-state index in [4.69, 9.17) is 4.74 Å². The van der Waals surface area contributed by atoms with E-state index in [0.717, 1.165) is 25.3 Å². The molecular weight excluding hydrogens is 333 g/mol. The molecule has 0 amide bonds. The molecule has 0 aromatic carbocycles. The summed E-state index contributed by atoms with van der Waals surface area (Å²) in [6.45, 7) is 2.65. The van der Waals surface area contributed by atoms with E-state index in [2.05, 4.69) is 20.3 Å². The zero-order chi connectivity index (χ0) is 17.9. The first-order valence-corrected chi connectivity index (χ1v) is 8.22. The van der Waals surface area contributed by atoms with E-state index in [1.807, 2.05) is 6.92 Å². The highest BCUT2D eigenvalue weighted by atomic mass is 19.4. The summed E-state index contributed by atoms with van der Waals surface area (Å²) in [5.41, 5.74) is -0.492. The maximum atomic E-state index is 13.2. The van der Waals surface area contributed by atoms with Crippen molar-refractivity contribution >= 4 is 5.82 Å². The van der Waals surface area contributed by atoms with Gasteiger partial charge in [-0.2, -0.15) is 13.2 Å². The molecule has 5 nitrogen and oxygen atoms in total. The lowest BCUT2D eigenvalue weighted by atomic mass is 10.1. The lowest BCUT2D eigenvalue weighted by Gasteiger charge is -2.24. The molecule has 2 aromatic heterocycles. The van der Waals surface area contributed by atoms with Crippen LogP contribution in [0, 0.1) is 0 Å². The van der Waals surface area contributed by atoms with Crippen LogP contribution in [0.3, 0.4) is 0 Å². The summed E-state index contributed by atoms with van der Waals surface area (Å²) in [5, 5.41) is 3.10. The lowest BCUT2D eigenvalue weighted by molar-refractivity contribution is -0.141. The molecule has 0 bridgehead atoms. The monoisotopic (exact) mass is 352 g/mol. The van der Waals surface area contributed by atoms with Gasteiger partial charge in [-0.25, -0.2) is 9.97 Å². The molecule has 0 aliphatic carbocycles. The van der Waals surface area contributed by atoms with E-state index in [-0.39, 0.29) is 23.8 Å². The van der Waals surface area contributed by atoms with E-state index < -0.39 is 11.9 Å². The standard InChI is InChI=1S/C17H19F3N4O/c1-2-12(13-4-3-9-25-13)22-15-10-14(17(18,19)20)23-16(24-15)11-5-7-21-8-6-11/h5-8,10,12-13H,2-4,9H2,1H3,(H,22,23,24). The van der Waals surface area contributed by atoms with Crippen molar-refractivity contribution < 1.29 is 17.9 Å². The van der Waals surface area contributed by atoms with Gasteiger partial charge in [-0.05, 0) is 31.4 Å². The molecule has 25 heavy (non-hydrogen) atoms. The van der Waals surface area contributed by atoms with E-state index in [0.29, 0.717) is 12.2 Å². The largest absolute Gasteiger partial charge is 0.433 e. The Balaban J connectivity index is 1.94. The minimum absolute atomic E-state index is 0.0151. The molecule has 8 heteroatoms. The third-order valence-electron chi connectivity index (χ3n) is 4.14. The first kappa shape index (κ1) is 17.6. The molecule has 0 spiro atoms. The predicted octanol–water partition coefficient (Wildman–Crippen LogP) is 3.93. The van der Waals surface area contributed by atoms with Crippen molar-refractivity contribution in [1.82, 2.24) is 15.0 Å². The molecule has 134 valence electrons. The molecule has 0 saturated carbocycles. The van der Waals surface area contributed by atoms with Gasteiger partial charge < -0.3 is 10.1 Å². The van der Waals surface area contributed by atoms with Crippen LogP contribution in [0.25, 0.3) is 11.4 Å². The Bertz CT molecular complexity index is 703. The van der Waals surface area contributed by atoms with Crippen LogP contribution in [-0.4, -0.2) is 33.7 Å². The maximum absolute atomic E-state index is 13.2. The van der Waals surface area contributed by atoms with Gasteiger partial charge in [0, 0.05) is 30.6 Å². The summed E-state index contributed by atoms with van der Waals surface area (Å²) >= 11 is 0. The number of hydrogen-bond donors (Lipinski definition) is 1. The SMILES string of the molecule is CCC(Nc1cc(C(F)(F)F)nc(-c2ccncc2)n1)C1CCCO1. The average Bonchev–Trinajstić information content (AvgIpc) is 3.14. The number of hydrogen-bond acceptors (Lipinski definition) is 5. The first-order valence-electron chi connectivity index (χ1n) is 8.22. The van der Waals surface area contributed by atoms with Crippen LogP contribution in [0.5, 0.6) is 0 Å². The minimum atomic E-state index is -4.55. The van der Waals surface area contributed by atoms with Crippen LogP contribution in [0.4, 0.5) is 19.0 Å². The van der Waals surface area contributed by atoms with Crippen LogP contribution in [0.15, 0.2) is 30.6 Å². The quantitative estimate of drug-likeness (QED) is 0.884. The Morgan fingerprint density at radius 3 is 2.64 bits per heavy atom. The molecule has 1 saturated heterocycles. The molecule has 2 unspecified atom stereocenters. The zero-order valence-electron chi connectivity index (χ0n) is 13.8. The van der Waals surface area contributed by atoms with Crippen LogP contribution >= 0.6 is 0 Å². The fraction of sp³-hybridized carbons (Fsp3) is 0.471. The van der Waals surface area contributed by atoms with Crippen molar-refractivity contribution in [2.75, 3.05) is 11.9 Å². The molecular formula is C17H19F3N4O. The normalized spacial score (nSPS) is 19.0. The summed E-state index contributed by atoms with van der Waals surface area (Å²) in [4.78, 5) is 11.8. The first-order chi connectivity index (χ1) is 12.0. The molecule has 0 radical (unpaired) electrons. The summed E-state index contributed by atoms with van der Waals surface area (Å²) in [6.07, 6.45) is 0.995. The molecule has 3 rings (SSSR count). The Kier molecular flexibility index (Phi) is 5.17. The lowest BCUT2D eigenvalue weighted by Crippen LogP contribution is -2.33. The van der Waals surface area contributed by atoms with Crippen LogP contribution in [-0.2, 0) is 10.9 Å². The highest BCUT2D eigenvalue weighted by Crippen LogP contribution is 2.31. The maximum Gasteiger partial charge on any atom is 0.433 e. The number of nitrogens with one attached hydrogen (secondary N) is 1. The van der Waals surface area contributed by atoms with Crippen molar-refractivity contribution in [3.05, 3.63) is 36.3 Å². The number of alkyl halides is 3. The zero-order valence-corrected chi connectivity index (χ0v) is 13.8. The van der Waals surface area contributed by atoms with Crippen molar-refractivity contribution in [3.63, 3.8) is 0 Å². The predicted molar refractivity (Wildman–Crippen MR) is 86.9 cm³/mol. The van der Waals surface area contributed by atoms with Crippen LogP contribution < -0.4 is 5.32 Å². The fourth-order valence-electron chi connectivity index (χ4n) is 2.86. The summed E-state index contributed by atoms with van der Waals surface area (Å²) in [7, 11) is 0. The second-order valence-corrected chi connectivity index (χ2v) is 5.91. The fourth-order valence-corrected chi connectivity index (χ4v) is 2.86. The summed E-state index contributed by atoms with van der Waals surface area (Å²) in [6, 6.07) is 4.01. The number of anilines is 1. The Hall–Kier alpha value is -2.22. The number of aromatic nitrogens is 3. The smallest absolute Gasteiger partial charge is 0.376 e. The van der Waals surface area contributed by atoms with Crippen molar-refractivity contribution in [1.29, 1.82) is 0 Å². The molecule has 1 fully saturated rings. The number of pyridine rings is 1. The Morgan fingerprint density at radius 1 is 1.28 bits per heavy atom. The summed E-state index contributed by atoms with van der Waals surface area (Å²) < 4.78 is 45.3. The topological polar surface area (TPSA) is 59.9 Å². The molecule has 2 atom stereocenters. The number of nitrogens with zero attached hydrogens (tertiary/aromatic N) is 3. The molecule has 3 heterocycles. The van der Waals surface area contributed by atoms with E-state index in [1.165, 1.54) is 12.4 Å². The van der Waals surface area contributed by atoms with E-state index in [9.17, 15) is 13.2 Å². The summed E-state index contributed by atoms with van der Waals surface area (Å²) in [5.74, 6) is 0.165. The molecule has 1 aliphatic heterocycles. The average molecular weight is 352 g/mol. The van der Waals surface area contributed by atoms with Gasteiger partial charge in [-0.15, -0.1) is 0 Å². The van der Waals surface area contributed by atoms with Gasteiger partial charge >= 0.3 is 6.18 Å². The minimum Gasteiger partial charge on any atom is -0.376 e. The van der Waals surface area contributed by atoms with Gasteiger partial charge in [0.25, 0.3) is 0 Å². The molecule has 2 aromatic rings. The van der Waals surface area contributed by atoms with E-state index in [1.54, 1.807) is 12.1 Å². The van der Waals surface area contributed by atoms with Gasteiger partial charge in [0.15, 0.2) is 11.5 Å². The molecule has 1 N–H and O–H groups in total. The van der Waals surface area contributed by atoms with Crippen LogP contribution in [0.1, 0.15) is 31.9 Å². The number of rotatable bonds is 5. The third-order valence-corrected chi connectivity index (χ3v) is 4.14. The van der Waals surface area contributed by atoms with Gasteiger partial charge in [-0.3, -0.25) is 4.98 Å². The number of ether oxygens (including phenoxy) is 1. The second-order valence-electron chi connectivity index (χ2n) is 5.91. The van der Waals surface area contributed by atoms with Crippen molar-refractivity contribution in [2.24, 2.45) is 0 Å². The van der Waals surface area contributed by atoms with Crippen molar-refractivity contribution in [2.45, 2.75) is 44.5 Å². The van der Waals surface area contributed by atoms with Crippen LogP contribution in [0.2, 0.25) is 0 Å². The Labute approximate surface area is 143 Å². The van der Waals surface area contributed by atoms with Gasteiger partial charge in [0.1, 0.15) is 5.82 Å². The number of halogens is 3. The molecule has 1 aliphatic rings. The highest BCUT2D eigenvalue weighted by molar-refractivity contribution is 5.57. The van der Waals surface area contributed by atoms with Gasteiger partial charge in [0.05, 0.1) is 12.1 Å².